The maximum atomic E-state index is 13.0. The van der Waals surface area contributed by atoms with E-state index < -0.39 is 42.7 Å². The highest BCUT2D eigenvalue weighted by atomic mass is 19.1. The van der Waals surface area contributed by atoms with Crippen LogP contribution in [0, 0.1) is 5.82 Å². The lowest BCUT2D eigenvalue weighted by Crippen LogP contribution is -2.44. The lowest BCUT2D eigenvalue weighted by atomic mass is 10.2. The van der Waals surface area contributed by atoms with Gasteiger partial charge in [0.1, 0.15) is 12.4 Å². The van der Waals surface area contributed by atoms with Crippen LogP contribution in [0.2, 0.25) is 0 Å². The SMILES string of the molecule is O=C(COC(=O)CNC(=O)c1cccc(F)c1)NNC(=O)c1ccco1. The van der Waals surface area contributed by atoms with Gasteiger partial charge in [0.25, 0.3) is 11.8 Å². The number of ether oxygens (including phenoxy) is 1. The predicted molar refractivity (Wildman–Crippen MR) is 84.0 cm³/mol. The summed E-state index contributed by atoms with van der Waals surface area (Å²) in [4.78, 5) is 46.1. The Morgan fingerprint density at radius 1 is 1.04 bits per heavy atom. The highest BCUT2D eigenvalue weighted by Crippen LogP contribution is 2.02. The van der Waals surface area contributed by atoms with Gasteiger partial charge in [-0.15, -0.1) is 0 Å². The van der Waals surface area contributed by atoms with Gasteiger partial charge in [0.2, 0.25) is 0 Å². The van der Waals surface area contributed by atoms with E-state index in [-0.39, 0.29) is 11.3 Å². The summed E-state index contributed by atoms with van der Waals surface area (Å²) in [5, 5.41) is 2.22. The van der Waals surface area contributed by atoms with Gasteiger partial charge in [-0.3, -0.25) is 30.0 Å². The molecule has 3 amide bonds. The standard InChI is InChI=1S/C16H14FN3O6/c17-11-4-1-3-10(7-11)15(23)18-8-14(22)26-9-13(21)19-20-16(24)12-5-2-6-25-12/h1-7H,8-9H2,(H,18,23)(H,19,21)(H,20,24). The van der Waals surface area contributed by atoms with Crippen molar-refractivity contribution in [3.63, 3.8) is 0 Å². The number of hydrogen-bond donors (Lipinski definition) is 3. The summed E-state index contributed by atoms with van der Waals surface area (Å²) in [7, 11) is 0. The molecule has 0 unspecified atom stereocenters. The molecule has 0 aliphatic heterocycles. The number of carbonyl (C=O) groups excluding carboxylic acids is 4. The number of hydrazine groups is 1. The maximum absolute atomic E-state index is 13.0. The Labute approximate surface area is 146 Å². The molecule has 3 N–H and O–H groups in total. The Morgan fingerprint density at radius 2 is 1.85 bits per heavy atom. The second-order valence-electron chi connectivity index (χ2n) is 4.83. The molecule has 0 atom stereocenters. The number of amides is 3. The van der Waals surface area contributed by atoms with Crippen LogP contribution < -0.4 is 16.2 Å². The third-order valence-corrected chi connectivity index (χ3v) is 2.90. The number of halogens is 1. The van der Waals surface area contributed by atoms with Crippen molar-refractivity contribution < 1.29 is 32.7 Å². The van der Waals surface area contributed by atoms with E-state index in [4.69, 9.17) is 4.42 Å². The smallest absolute Gasteiger partial charge is 0.325 e. The molecule has 1 heterocycles. The fourth-order valence-corrected chi connectivity index (χ4v) is 1.71. The molecule has 0 saturated carbocycles. The molecule has 0 aliphatic rings. The summed E-state index contributed by atoms with van der Waals surface area (Å²) < 4.78 is 22.4. The molecule has 0 bridgehead atoms. The molecule has 0 spiro atoms. The molecule has 9 nitrogen and oxygen atoms in total. The Balaban J connectivity index is 1.65. The molecule has 1 aromatic heterocycles. The first kappa shape index (κ1) is 18.6. The quantitative estimate of drug-likeness (QED) is 0.495. The number of hydrogen-bond acceptors (Lipinski definition) is 6. The second kappa shape index (κ2) is 8.97. The van der Waals surface area contributed by atoms with Gasteiger partial charge >= 0.3 is 11.9 Å². The van der Waals surface area contributed by atoms with Gasteiger partial charge in [-0.1, -0.05) is 6.07 Å². The number of nitrogens with one attached hydrogen (secondary N) is 3. The van der Waals surface area contributed by atoms with Crippen molar-refractivity contribution >= 4 is 23.7 Å². The average molecular weight is 363 g/mol. The molecule has 0 aliphatic carbocycles. The zero-order valence-corrected chi connectivity index (χ0v) is 13.3. The molecule has 10 heteroatoms. The van der Waals surface area contributed by atoms with Crippen molar-refractivity contribution in [2.45, 2.75) is 0 Å². The summed E-state index contributed by atoms with van der Waals surface area (Å²) >= 11 is 0. The third-order valence-electron chi connectivity index (χ3n) is 2.90. The van der Waals surface area contributed by atoms with Crippen LogP contribution in [-0.2, 0) is 14.3 Å². The summed E-state index contributed by atoms with van der Waals surface area (Å²) in [5.74, 6) is -3.64. The van der Waals surface area contributed by atoms with Crippen LogP contribution in [-0.4, -0.2) is 36.8 Å². The minimum absolute atomic E-state index is 0.0117. The molecular weight excluding hydrogens is 349 g/mol. The molecule has 1 aromatic carbocycles. The third kappa shape index (κ3) is 5.74. The van der Waals surface area contributed by atoms with Crippen LogP contribution in [0.15, 0.2) is 47.1 Å². The van der Waals surface area contributed by atoms with Crippen LogP contribution in [0.3, 0.4) is 0 Å². The van der Waals surface area contributed by atoms with E-state index in [9.17, 15) is 23.6 Å². The molecule has 136 valence electrons. The van der Waals surface area contributed by atoms with Gasteiger partial charge in [-0.2, -0.15) is 0 Å². The molecule has 2 aromatic rings. The second-order valence-corrected chi connectivity index (χ2v) is 4.83. The molecule has 0 fully saturated rings. The number of carbonyl (C=O) groups is 4. The highest BCUT2D eigenvalue weighted by molar-refractivity contribution is 5.96. The van der Waals surface area contributed by atoms with Crippen LogP contribution in [0.1, 0.15) is 20.9 Å². The van der Waals surface area contributed by atoms with Crippen molar-refractivity contribution in [2.24, 2.45) is 0 Å². The van der Waals surface area contributed by atoms with Gasteiger partial charge in [0, 0.05) is 5.56 Å². The van der Waals surface area contributed by atoms with Crippen LogP contribution >= 0.6 is 0 Å². The van der Waals surface area contributed by atoms with Gasteiger partial charge < -0.3 is 14.5 Å². The van der Waals surface area contributed by atoms with Crippen molar-refractivity contribution in [3.8, 4) is 0 Å². The zero-order chi connectivity index (χ0) is 18.9. The van der Waals surface area contributed by atoms with Crippen LogP contribution in [0.25, 0.3) is 0 Å². The maximum Gasteiger partial charge on any atom is 0.325 e. The van der Waals surface area contributed by atoms with Crippen LogP contribution in [0.4, 0.5) is 4.39 Å². The fraction of sp³-hybridized carbons (Fsp3) is 0.125. The number of esters is 1. The largest absolute Gasteiger partial charge is 0.459 e. The predicted octanol–water partition coefficient (Wildman–Crippen LogP) is 0.153. The van der Waals surface area contributed by atoms with E-state index in [2.05, 4.69) is 15.5 Å². The minimum atomic E-state index is -0.887. The first-order valence-electron chi connectivity index (χ1n) is 7.28. The van der Waals surface area contributed by atoms with Crippen molar-refractivity contribution in [1.29, 1.82) is 0 Å². The summed E-state index contributed by atoms with van der Waals surface area (Å²) in [6, 6.07) is 7.80. The molecule has 0 saturated heterocycles. The van der Waals surface area contributed by atoms with E-state index in [1.165, 1.54) is 36.6 Å². The van der Waals surface area contributed by atoms with E-state index in [0.717, 1.165) is 6.07 Å². The molecular formula is C16H14FN3O6. The zero-order valence-electron chi connectivity index (χ0n) is 13.3. The number of furan rings is 1. The van der Waals surface area contributed by atoms with Crippen molar-refractivity contribution in [1.82, 2.24) is 16.2 Å². The molecule has 26 heavy (non-hydrogen) atoms. The van der Waals surface area contributed by atoms with E-state index in [1.54, 1.807) is 0 Å². The van der Waals surface area contributed by atoms with Crippen LogP contribution in [0.5, 0.6) is 0 Å². The van der Waals surface area contributed by atoms with Crippen molar-refractivity contribution in [3.05, 3.63) is 59.8 Å². The van der Waals surface area contributed by atoms with E-state index in [1.807, 2.05) is 5.43 Å². The highest BCUT2D eigenvalue weighted by Gasteiger charge is 2.13. The number of benzene rings is 1. The lowest BCUT2D eigenvalue weighted by molar-refractivity contribution is -0.147. The average Bonchev–Trinajstić information content (AvgIpc) is 3.17. The Hall–Kier alpha value is -3.69. The Bertz CT molecular complexity index is 806. The minimum Gasteiger partial charge on any atom is -0.459 e. The van der Waals surface area contributed by atoms with E-state index in [0.29, 0.717) is 0 Å². The Kier molecular flexibility index (Phi) is 6.43. The summed E-state index contributed by atoms with van der Waals surface area (Å²) in [6.07, 6.45) is 1.29. The van der Waals surface area contributed by atoms with Gasteiger partial charge in [0.15, 0.2) is 12.4 Å². The lowest BCUT2D eigenvalue weighted by Gasteiger charge is -2.08. The fourth-order valence-electron chi connectivity index (χ4n) is 1.71. The van der Waals surface area contributed by atoms with Gasteiger partial charge in [-0.25, -0.2) is 4.39 Å². The molecule has 0 radical (unpaired) electrons. The van der Waals surface area contributed by atoms with Gasteiger partial charge in [-0.05, 0) is 30.3 Å². The summed E-state index contributed by atoms with van der Waals surface area (Å²) in [6.45, 7) is -1.19. The number of rotatable bonds is 6. The van der Waals surface area contributed by atoms with Gasteiger partial charge in [0.05, 0.1) is 6.26 Å². The first-order chi connectivity index (χ1) is 12.5. The molecule has 2 rings (SSSR count). The topological polar surface area (TPSA) is 127 Å². The first-order valence-corrected chi connectivity index (χ1v) is 7.28. The monoisotopic (exact) mass is 363 g/mol. The van der Waals surface area contributed by atoms with Crippen molar-refractivity contribution in [2.75, 3.05) is 13.2 Å². The summed E-state index contributed by atoms with van der Waals surface area (Å²) in [5.41, 5.74) is 4.11. The van der Waals surface area contributed by atoms with E-state index >= 15 is 0 Å². The Morgan fingerprint density at radius 3 is 2.54 bits per heavy atom. The normalized spacial score (nSPS) is 9.88.